The van der Waals surface area contributed by atoms with E-state index in [-0.39, 0.29) is 24.3 Å². The van der Waals surface area contributed by atoms with E-state index in [0.717, 1.165) is 0 Å². The smallest absolute Gasteiger partial charge is 0.316 e. The monoisotopic (exact) mass is 383 g/mol. The van der Waals surface area contributed by atoms with Crippen LogP contribution in [0.5, 0.6) is 0 Å². The molecule has 2 heterocycles. The van der Waals surface area contributed by atoms with Gasteiger partial charge in [0.05, 0.1) is 11.5 Å². The molecule has 28 heavy (non-hydrogen) atoms. The highest BCUT2D eigenvalue weighted by molar-refractivity contribution is 6.03. The molecule has 9 heteroatoms. The lowest BCUT2D eigenvalue weighted by molar-refractivity contribution is -0.537. The number of carboxylic acids is 1. The number of pyridine rings is 1. The number of hydrazine groups is 1. The highest BCUT2D eigenvalue weighted by atomic mass is 16.4. The van der Waals surface area contributed by atoms with Crippen LogP contribution in [0.1, 0.15) is 28.9 Å². The number of nitrogens with one attached hydrogen (secondary N) is 1. The Morgan fingerprint density at radius 3 is 2.75 bits per heavy atom. The second-order valence-electron chi connectivity index (χ2n) is 6.34. The number of carbonyl (C=O) groups excluding carboxylic acids is 2. The average molecular weight is 383 g/mol. The minimum Gasteiger partial charge on any atom is -0.481 e. The number of nitroso groups, excluding NO2 is 1. The largest absolute Gasteiger partial charge is 0.481 e. The number of hydrogen-bond donors (Lipinski definition) is 2. The van der Waals surface area contributed by atoms with E-state index in [2.05, 4.69) is 10.4 Å². The van der Waals surface area contributed by atoms with Gasteiger partial charge in [-0.2, -0.15) is 0 Å². The Kier molecular flexibility index (Phi) is 5.44. The number of likely N-dealkylation sites (N-methyl/N-ethyl adjacent to an activating group) is 1. The Hall–Kier alpha value is -3.62. The van der Waals surface area contributed by atoms with Crippen LogP contribution in [0, 0.1) is 10.8 Å². The van der Waals surface area contributed by atoms with Crippen molar-refractivity contribution >= 4 is 23.3 Å². The molecular formula is C19H19N4O5+. The van der Waals surface area contributed by atoms with E-state index in [1.54, 1.807) is 25.1 Å². The maximum absolute atomic E-state index is 12.9. The van der Waals surface area contributed by atoms with Crippen molar-refractivity contribution in [2.24, 2.45) is 5.92 Å². The van der Waals surface area contributed by atoms with E-state index in [1.807, 2.05) is 0 Å². The number of aromatic nitrogens is 1. The second-order valence-corrected chi connectivity index (χ2v) is 6.34. The average Bonchev–Trinajstić information content (AvgIpc) is 2.71. The number of amides is 1. The minimum atomic E-state index is -1.58. The summed E-state index contributed by atoms with van der Waals surface area (Å²) in [5, 5.41) is 9.74. The zero-order valence-corrected chi connectivity index (χ0v) is 15.1. The number of carbonyl (C=O) groups is 3. The molecule has 3 rings (SSSR count). The Labute approximate surface area is 160 Å². The molecule has 0 fully saturated rings. The molecule has 0 radical (unpaired) electrons. The number of aliphatic carboxylic acids is 1. The van der Waals surface area contributed by atoms with Crippen molar-refractivity contribution in [3.63, 3.8) is 0 Å². The topological polar surface area (TPSA) is 120 Å². The van der Waals surface area contributed by atoms with Crippen molar-refractivity contribution in [3.8, 4) is 0 Å². The van der Waals surface area contributed by atoms with Crippen LogP contribution in [-0.4, -0.2) is 50.6 Å². The third-order valence-electron chi connectivity index (χ3n) is 4.59. The Morgan fingerprint density at radius 1 is 1.32 bits per heavy atom. The van der Waals surface area contributed by atoms with Crippen molar-refractivity contribution in [1.82, 2.24) is 15.3 Å². The third-order valence-corrected chi connectivity index (χ3v) is 4.59. The molecule has 2 aromatic rings. The standard InChI is InChI=1S/C19H18N4O5/c1-2-22-11-15(24)16(19(26)27)17(13-6-4-8-20-10-13)21-23(28)14-7-3-5-12(9-14)18(22)25/h3-10,16-17H,2,11H2,1H3,(H-,21,26,27,28)/p+1. The van der Waals surface area contributed by atoms with E-state index >= 15 is 0 Å². The van der Waals surface area contributed by atoms with Crippen LogP contribution in [0.4, 0.5) is 5.69 Å². The van der Waals surface area contributed by atoms with Crippen LogP contribution in [-0.2, 0) is 9.59 Å². The normalized spacial score (nSPS) is 20.3. The van der Waals surface area contributed by atoms with E-state index in [9.17, 15) is 24.4 Å². The molecule has 2 unspecified atom stereocenters. The van der Waals surface area contributed by atoms with Crippen molar-refractivity contribution in [3.05, 3.63) is 64.8 Å². The van der Waals surface area contributed by atoms with Crippen LogP contribution < -0.4 is 5.43 Å². The minimum absolute atomic E-state index is 0.120. The summed E-state index contributed by atoms with van der Waals surface area (Å²) in [5.41, 5.74) is 3.28. The van der Waals surface area contributed by atoms with Gasteiger partial charge in [-0.15, -0.1) is 5.43 Å². The van der Waals surface area contributed by atoms with Gasteiger partial charge in [0.15, 0.2) is 10.7 Å². The summed E-state index contributed by atoms with van der Waals surface area (Å²) in [6, 6.07) is 7.99. The predicted octanol–water partition coefficient (Wildman–Crippen LogP) is 1.48. The van der Waals surface area contributed by atoms with Crippen LogP contribution in [0.25, 0.3) is 0 Å². The molecule has 1 aromatic heterocycles. The quantitative estimate of drug-likeness (QED) is 0.608. The molecule has 0 spiro atoms. The van der Waals surface area contributed by atoms with E-state index in [0.29, 0.717) is 10.4 Å². The van der Waals surface area contributed by atoms with E-state index < -0.39 is 29.6 Å². The van der Waals surface area contributed by atoms with Crippen LogP contribution in [0.15, 0.2) is 48.8 Å². The summed E-state index contributed by atoms with van der Waals surface area (Å²) in [4.78, 5) is 55.8. The van der Waals surface area contributed by atoms with Gasteiger partial charge in [-0.1, -0.05) is 12.1 Å². The van der Waals surface area contributed by atoms with Gasteiger partial charge < -0.3 is 10.0 Å². The number of nitrogens with zero attached hydrogens (tertiary/aromatic N) is 3. The van der Waals surface area contributed by atoms with Crippen molar-refractivity contribution < 1.29 is 24.4 Å². The lowest BCUT2D eigenvalue weighted by Gasteiger charge is -2.24. The summed E-state index contributed by atoms with van der Waals surface area (Å²) in [6.07, 6.45) is 2.90. The van der Waals surface area contributed by atoms with Crippen molar-refractivity contribution in [1.29, 1.82) is 0 Å². The van der Waals surface area contributed by atoms with Gasteiger partial charge in [-0.25, -0.2) is 0 Å². The summed E-state index contributed by atoms with van der Waals surface area (Å²) in [7, 11) is 0. The summed E-state index contributed by atoms with van der Waals surface area (Å²) >= 11 is 0. The Morgan fingerprint density at radius 2 is 2.11 bits per heavy atom. The summed E-state index contributed by atoms with van der Waals surface area (Å²) in [5.74, 6) is -4.12. The molecule has 1 aliphatic heterocycles. The first-order valence-electron chi connectivity index (χ1n) is 8.70. The molecule has 2 bridgehead atoms. The van der Waals surface area contributed by atoms with E-state index in [4.69, 9.17) is 0 Å². The van der Waals surface area contributed by atoms with E-state index in [1.165, 1.54) is 35.5 Å². The zero-order valence-electron chi connectivity index (χ0n) is 15.1. The first-order chi connectivity index (χ1) is 13.4. The van der Waals surface area contributed by atoms with Crippen LogP contribution in [0.3, 0.4) is 0 Å². The van der Waals surface area contributed by atoms with Gasteiger partial charge in [0.2, 0.25) is 0 Å². The van der Waals surface area contributed by atoms with Crippen molar-refractivity contribution in [2.45, 2.75) is 13.0 Å². The first kappa shape index (κ1) is 19.2. The highest BCUT2D eigenvalue weighted by Crippen LogP contribution is 2.26. The SMILES string of the molecule is CCN1CC(=O)C(C(=O)O)C(c2cccnc2)N[N+](=O)c2cccc(c2)C1=O. The Bertz CT molecular complexity index is 931. The van der Waals surface area contributed by atoms with Gasteiger partial charge >= 0.3 is 5.97 Å². The molecule has 0 saturated heterocycles. The molecule has 144 valence electrons. The number of hydrogen-bond acceptors (Lipinski definition) is 5. The molecule has 1 amide bonds. The van der Waals surface area contributed by atoms with Gasteiger partial charge in [0.25, 0.3) is 11.6 Å². The van der Waals surface area contributed by atoms with Crippen molar-refractivity contribution in [2.75, 3.05) is 13.1 Å². The number of ketones is 1. The first-order valence-corrected chi connectivity index (χ1v) is 8.70. The third kappa shape index (κ3) is 3.73. The van der Waals surface area contributed by atoms with Gasteiger partial charge in [-0.05, 0) is 24.6 Å². The second kappa shape index (κ2) is 7.95. The molecule has 1 aliphatic rings. The maximum atomic E-state index is 12.9. The maximum Gasteiger partial charge on any atom is 0.316 e. The highest BCUT2D eigenvalue weighted by Gasteiger charge is 2.41. The van der Waals surface area contributed by atoms with Crippen LogP contribution >= 0.6 is 0 Å². The number of rotatable bonds is 3. The number of carboxylic acid groups (broad SMARTS) is 1. The Balaban J connectivity index is 2.14. The zero-order chi connectivity index (χ0) is 20.3. The fourth-order valence-corrected chi connectivity index (χ4v) is 3.13. The molecule has 0 aliphatic carbocycles. The molecule has 2 N–H and O–H groups in total. The van der Waals surface area contributed by atoms with Crippen LogP contribution in [0.2, 0.25) is 0 Å². The summed E-state index contributed by atoms with van der Waals surface area (Å²) < 4.78 is 0. The van der Waals surface area contributed by atoms with Gasteiger partial charge in [0, 0.05) is 36.6 Å². The molecule has 1 aromatic carbocycles. The van der Waals surface area contributed by atoms with Gasteiger partial charge in [0.1, 0.15) is 12.0 Å². The summed E-state index contributed by atoms with van der Waals surface area (Å²) in [6.45, 7) is 1.53. The fourth-order valence-electron chi connectivity index (χ4n) is 3.13. The number of fused-ring (bicyclic) bond motifs is 2. The van der Waals surface area contributed by atoms with Gasteiger partial charge in [-0.3, -0.25) is 19.4 Å². The number of benzene rings is 1. The molecule has 9 nitrogen and oxygen atoms in total. The predicted molar refractivity (Wildman–Crippen MR) is 97.6 cm³/mol. The molecule has 2 atom stereocenters. The molecular weight excluding hydrogens is 364 g/mol. The number of Topliss-reactive ketones (excluding diaryl/α,β-unsaturated/α-hetero) is 1. The fraction of sp³-hybridized carbons (Fsp3) is 0.263. The lowest BCUT2D eigenvalue weighted by Crippen LogP contribution is -2.45. The lowest BCUT2D eigenvalue weighted by atomic mass is 9.90. The molecule has 0 saturated carbocycles.